The lowest BCUT2D eigenvalue weighted by atomic mass is 9.87. The number of aromatic nitrogens is 2. The number of nitrogens with two attached hydrogens (primary N) is 1. The summed E-state index contributed by atoms with van der Waals surface area (Å²) in [5, 5.41) is 3.14. The minimum absolute atomic E-state index is 0.192. The van der Waals surface area contributed by atoms with Crippen molar-refractivity contribution in [2.24, 2.45) is 0 Å². The molecular weight excluding hydrogens is 362 g/mol. The van der Waals surface area contributed by atoms with Crippen molar-refractivity contribution < 1.29 is 0 Å². The van der Waals surface area contributed by atoms with Gasteiger partial charge in [0.05, 0.1) is 10.2 Å². The summed E-state index contributed by atoms with van der Waals surface area (Å²) in [6.45, 7) is 2.25. The average Bonchev–Trinajstić information content (AvgIpc) is 3.13. The predicted octanol–water partition coefficient (Wildman–Crippen LogP) is 6.25. The summed E-state index contributed by atoms with van der Waals surface area (Å²) in [4.78, 5) is 8.81. The van der Waals surface area contributed by atoms with Gasteiger partial charge in [-0.05, 0) is 57.3 Å². The van der Waals surface area contributed by atoms with E-state index < -0.39 is 0 Å². The van der Waals surface area contributed by atoms with Crippen LogP contribution in [0.5, 0.6) is 0 Å². The Hall–Kier alpha value is -3.24. The van der Waals surface area contributed by atoms with Crippen LogP contribution in [0.1, 0.15) is 24.0 Å². The van der Waals surface area contributed by atoms with Crippen molar-refractivity contribution in [1.29, 1.82) is 0 Å². The number of fused-ring (bicyclic) bond motifs is 2. The van der Waals surface area contributed by atoms with E-state index in [9.17, 15) is 0 Å². The van der Waals surface area contributed by atoms with Crippen molar-refractivity contribution in [3.05, 3.63) is 90.3 Å². The molecule has 2 heterocycles. The van der Waals surface area contributed by atoms with Crippen LogP contribution in [0.25, 0.3) is 32.1 Å². The Bertz CT molecular complexity index is 1290. The molecule has 0 saturated carbocycles. The number of nitrogen functional groups attached to an aromatic ring is 1. The first kappa shape index (κ1) is 16.9. The molecular formula is C24H19N3S. The third-order valence-electron chi connectivity index (χ3n) is 5.31. The van der Waals surface area contributed by atoms with Gasteiger partial charge in [0, 0.05) is 18.3 Å². The second-order valence-electron chi connectivity index (χ2n) is 6.99. The summed E-state index contributed by atoms with van der Waals surface area (Å²) in [5.41, 5.74) is 11.9. The zero-order chi connectivity index (χ0) is 19.1. The van der Waals surface area contributed by atoms with E-state index in [0.717, 1.165) is 15.8 Å². The monoisotopic (exact) mass is 381 g/mol. The average molecular weight is 382 g/mol. The van der Waals surface area contributed by atoms with E-state index in [-0.39, 0.29) is 5.92 Å². The molecule has 0 spiro atoms. The number of nitrogens with zero attached hydrogens (tertiary/aromatic N) is 2. The molecule has 0 aliphatic heterocycles. The molecule has 0 saturated heterocycles. The highest BCUT2D eigenvalue weighted by atomic mass is 32.1. The fourth-order valence-electron chi connectivity index (χ4n) is 3.91. The van der Waals surface area contributed by atoms with Crippen molar-refractivity contribution in [1.82, 2.24) is 9.97 Å². The van der Waals surface area contributed by atoms with Crippen molar-refractivity contribution in [3.8, 4) is 11.1 Å². The zero-order valence-corrected chi connectivity index (χ0v) is 16.3. The lowest BCUT2D eigenvalue weighted by Gasteiger charge is -2.17. The molecule has 4 heteroatoms. The molecule has 0 bridgehead atoms. The molecule has 0 amide bonds. The van der Waals surface area contributed by atoms with Gasteiger partial charge in [0.25, 0.3) is 0 Å². The van der Waals surface area contributed by atoms with E-state index in [4.69, 9.17) is 5.73 Å². The summed E-state index contributed by atoms with van der Waals surface area (Å²) in [6, 6.07) is 23.6. The summed E-state index contributed by atoms with van der Waals surface area (Å²) in [5.74, 6) is 0.192. The van der Waals surface area contributed by atoms with Crippen LogP contribution in [0.4, 0.5) is 5.13 Å². The smallest absolute Gasteiger partial charge is 0.181 e. The first-order valence-corrected chi connectivity index (χ1v) is 10.1. The zero-order valence-electron chi connectivity index (χ0n) is 15.5. The number of benzene rings is 3. The van der Waals surface area contributed by atoms with Crippen LogP contribution >= 0.6 is 11.3 Å². The van der Waals surface area contributed by atoms with E-state index in [0.29, 0.717) is 5.13 Å². The minimum Gasteiger partial charge on any atom is -0.375 e. The van der Waals surface area contributed by atoms with Crippen LogP contribution in [0, 0.1) is 0 Å². The molecule has 0 aliphatic rings. The Morgan fingerprint density at radius 2 is 1.64 bits per heavy atom. The molecule has 5 rings (SSSR count). The maximum absolute atomic E-state index is 6.07. The largest absolute Gasteiger partial charge is 0.375 e. The number of hydrogen-bond acceptors (Lipinski definition) is 4. The number of anilines is 1. The van der Waals surface area contributed by atoms with Crippen LogP contribution < -0.4 is 5.73 Å². The Balaban J connectivity index is 1.75. The van der Waals surface area contributed by atoms with Gasteiger partial charge >= 0.3 is 0 Å². The van der Waals surface area contributed by atoms with Gasteiger partial charge in [0.1, 0.15) is 0 Å². The fraction of sp³-hybridized carbons (Fsp3) is 0.0833. The third kappa shape index (κ3) is 2.83. The van der Waals surface area contributed by atoms with E-state index in [1.165, 1.54) is 27.5 Å². The molecule has 1 atom stereocenters. The second-order valence-corrected chi connectivity index (χ2v) is 8.05. The molecule has 3 nitrogen and oxygen atoms in total. The van der Waals surface area contributed by atoms with Crippen LogP contribution in [0.15, 0.2) is 79.1 Å². The maximum atomic E-state index is 6.07. The van der Waals surface area contributed by atoms with Crippen LogP contribution in [-0.4, -0.2) is 9.97 Å². The highest BCUT2D eigenvalue weighted by Gasteiger charge is 2.18. The third-order valence-corrected chi connectivity index (χ3v) is 6.14. The number of rotatable bonds is 3. The summed E-state index contributed by atoms with van der Waals surface area (Å²) >= 11 is 1.54. The van der Waals surface area contributed by atoms with Crippen LogP contribution in [0.3, 0.4) is 0 Å². The first-order chi connectivity index (χ1) is 13.7. The van der Waals surface area contributed by atoms with E-state index in [1.54, 1.807) is 11.3 Å². The van der Waals surface area contributed by atoms with Gasteiger partial charge in [-0.15, -0.1) is 0 Å². The summed E-state index contributed by atoms with van der Waals surface area (Å²) in [6.07, 6.45) is 3.66. The minimum atomic E-state index is 0.192. The highest BCUT2D eigenvalue weighted by Crippen LogP contribution is 2.39. The van der Waals surface area contributed by atoms with E-state index >= 15 is 0 Å². The molecule has 5 aromatic rings. The molecule has 136 valence electrons. The van der Waals surface area contributed by atoms with Crippen molar-refractivity contribution >= 4 is 37.5 Å². The quantitative estimate of drug-likeness (QED) is 0.402. The summed E-state index contributed by atoms with van der Waals surface area (Å²) < 4.78 is 1.12. The molecule has 0 fully saturated rings. The lowest BCUT2D eigenvalue weighted by molar-refractivity contribution is 0.941. The molecule has 2 N–H and O–H groups in total. The SMILES string of the molecule is CC(c1cccc2ccccc12)c1cc(-c2ccncc2)cc2sc(N)nc12. The van der Waals surface area contributed by atoms with Gasteiger partial charge in [-0.25, -0.2) is 4.98 Å². The van der Waals surface area contributed by atoms with Crippen LogP contribution in [0.2, 0.25) is 0 Å². The summed E-state index contributed by atoms with van der Waals surface area (Å²) in [7, 11) is 0. The lowest BCUT2D eigenvalue weighted by Crippen LogP contribution is -1.99. The van der Waals surface area contributed by atoms with Crippen molar-refractivity contribution in [3.63, 3.8) is 0 Å². The van der Waals surface area contributed by atoms with Crippen molar-refractivity contribution in [2.45, 2.75) is 12.8 Å². The molecule has 3 aromatic carbocycles. The van der Waals surface area contributed by atoms with Crippen molar-refractivity contribution in [2.75, 3.05) is 5.73 Å². The Morgan fingerprint density at radius 3 is 2.50 bits per heavy atom. The predicted molar refractivity (Wildman–Crippen MR) is 119 cm³/mol. The van der Waals surface area contributed by atoms with Gasteiger partial charge in [0.2, 0.25) is 0 Å². The Kier molecular flexibility index (Phi) is 4.06. The van der Waals surface area contributed by atoms with Gasteiger partial charge in [-0.1, -0.05) is 60.7 Å². The van der Waals surface area contributed by atoms with Gasteiger partial charge in [-0.2, -0.15) is 0 Å². The fourth-order valence-corrected chi connectivity index (χ4v) is 4.72. The molecule has 0 aliphatic carbocycles. The maximum Gasteiger partial charge on any atom is 0.181 e. The number of thiazole rings is 1. The standard InChI is InChI=1S/C24H19N3S/c1-15(19-8-4-6-17-5-2-3-7-20(17)19)21-13-18(16-9-11-26-12-10-16)14-22-23(21)27-24(25)28-22/h2-15H,1H3,(H2,25,27). The molecule has 1 unspecified atom stereocenters. The normalized spacial score (nSPS) is 12.5. The Morgan fingerprint density at radius 1 is 0.857 bits per heavy atom. The molecule has 2 aromatic heterocycles. The topological polar surface area (TPSA) is 51.8 Å². The number of pyridine rings is 1. The van der Waals surface area contributed by atoms with Gasteiger partial charge in [-0.3, -0.25) is 4.98 Å². The van der Waals surface area contributed by atoms with E-state index in [1.807, 2.05) is 24.5 Å². The van der Waals surface area contributed by atoms with Gasteiger partial charge in [0.15, 0.2) is 5.13 Å². The first-order valence-electron chi connectivity index (χ1n) is 9.29. The molecule has 0 radical (unpaired) electrons. The van der Waals surface area contributed by atoms with Crippen LogP contribution in [-0.2, 0) is 0 Å². The highest BCUT2D eigenvalue weighted by molar-refractivity contribution is 7.22. The van der Waals surface area contributed by atoms with E-state index in [2.05, 4.69) is 71.5 Å². The second kappa shape index (κ2) is 6.73. The molecule has 28 heavy (non-hydrogen) atoms. The van der Waals surface area contributed by atoms with Gasteiger partial charge < -0.3 is 5.73 Å². The number of hydrogen-bond donors (Lipinski definition) is 1. The Labute approximate surface area is 167 Å².